The number of hydrogen-bond donors (Lipinski definition) is 1. The van der Waals surface area contributed by atoms with Crippen molar-refractivity contribution in [3.63, 3.8) is 0 Å². The van der Waals surface area contributed by atoms with Crippen LogP contribution >= 0.6 is 0 Å². The van der Waals surface area contributed by atoms with E-state index >= 15 is 0 Å². The van der Waals surface area contributed by atoms with Crippen LogP contribution in [-0.4, -0.2) is 45.8 Å². The van der Waals surface area contributed by atoms with Crippen LogP contribution in [-0.2, 0) is 19.5 Å². The third kappa shape index (κ3) is 3.76. The Balaban J connectivity index is 1.73. The second-order valence-electron chi connectivity index (χ2n) is 5.56. The van der Waals surface area contributed by atoms with E-state index < -0.39 is 0 Å². The average molecular weight is 265 g/mol. The molecule has 0 aliphatic carbocycles. The first-order valence-corrected chi connectivity index (χ1v) is 7.54. The summed E-state index contributed by atoms with van der Waals surface area (Å²) in [5, 5.41) is 12.1. The van der Waals surface area contributed by atoms with Gasteiger partial charge < -0.3 is 14.8 Å². The molecule has 0 radical (unpaired) electrons. The van der Waals surface area contributed by atoms with E-state index in [4.69, 9.17) is 0 Å². The SMILES string of the molecule is CCC(C)N(C)CCNCc1nnc2n1CCCC2. The number of aromatic nitrogens is 3. The zero-order chi connectivity index (χ0) is 13.7. The normalized spacial score (nSPS) is 16.6. The van der Waals surface area contributed by atoms with E-state index in [0.29, 0.717) is 6.04 Å². The Kier molecular flexibility index (Phi) is 5.34. The van der Waals surface area contributed by atoms with Crippen molar-refractivity contribution in [3.05, 3.63) is 11.6 Å². The van der Waals surface area contributed by atoms with Gasteiger partial charge in [-0.1, -0.05) is 6.92 Å². The van der Waals surface area contributed by atoms with E-state index in [1.807, 2.05) is 0 Å². The maximum atomic E-state index is 4.30. The smallest absolute Gasteiger partial charge is 0.147 e. The van der Waals surface area contributed by atoms with Crippen LogP contribution < -0.4 is 5.32 Å². The standard InChI is InChI=1S/C14H27N5/c1-4-12(2)18(3)10-8-15-11-14-17-16-13-7-5-6-9-19(13)14/h12,15H,4-11H2,1-3H3. The molecule has 0 spiro atoms. The van der Waals surface area contributed by atoms with Gasteiger partial charge in [0.05, 0.1) is 6.54 Å². The van der Waals surface area contributed by atoms with E-state index in [-0.39, 0.29) is 0 Å². The Labute approximate surface area is 116 Å². The molecule has 0 bridgehead atoms. The minimum atomic E-state index is 0.655. The molecule has 19 heavy (non-hydrogen) atoms. The van der Waals surface area contributed by atoms with Crippen molar-refractivity contribution in [2.45, 2.75) is 58.7 Å². The molecule has 1 aromatic rings. The van der Waals surface area contributed by atoms with E-state index in [0.717, 1.165) is 38.4 Å². The van der Waals surface area contributed by atoms with Gasteiger partial charge >= 0.3 is 0 Å². The minimum absolute atomic E-state index is 0.655. The lowest BCUT2D eigenvalue weighted by atomic mass is 10.2. The maximum Gasteiger partial charge on any atom is 0.147 e. The molecule has 1 aliphatic rings. The molecule has 1 atom stereocenters. The van der Waals surface area contributed by atoms with Gasteiger partial charge in [-0.25, -0.2) is 0 Å². The Morgan fingerprint density at radius 2 is 2.21 bits per heavy atom. The van der Waals surface area contributed by atoms with Crippen LogP contribution in [0.4, 0.5) is 0 Å². The molecule has 0 saturated heterocycles. The van der Waals surface area contributed by atoms with Gasteiger partial charge in [0, 0.05) is 32.1 Å². The van der Waals surface area contributed by atoms with Gasteiger partial charge in [0.1, 0.15) is 11.6 Å². The second kappa shape index (κ2) is 7.01. The molecule has 1 unspecified atom stereocenters. The van der Waals surface area contributed by atoms with Crippen molar-refractivity contribution in [1.82, 2.24) is 25.0 Å². The van der Waals surface area contributed by atoms with Gasteiger partial charge in [0.2, 0.25) is 0 Å². The molecule has 1 N–H and O–H groups in total. The van der Waals surface area contributed by atoms with Crippen LogP contribution in [0.25, 0.3) is 0 Å². The van der Waals surface area contributed by atoms with E-state index in [9.17, 15) is 0 Å². The number of nitrogens with one attached hydrogen (secondary N) is 1. The number of rotatable bonds is 7. The third-order valence-electron chi connectivity index (χ3n) is 4.20. The molecule has 0 aromatic carbocycles. The molecule has 2 rings (SSSR count). The Morgan fingerprint density at radius 3 is 3.00 bits per heavy atom. The molecule has 0 amide bonds. The lowest BCUT2D eigenvalue weighted by molar-refractivity contribution is 0.251. The Hall–Kier alpha value is -0.940. The summed E-state index contributed by atoms with van der Waals surface area (Å²) >= 11 is 0. The Morgan fingerprint density at radius 1 is 1.37 bits per heavy atom. The summed E-state index contributed by atoms with van der Waals surface area (Å²) in [6.07, 6.45) is 4.80. The number of fused-ring (bicyclic) bond motifs is 1. The Bertz CT molecular complexity index is 387. The first-order valence-electron chi connectivity index (χ1n) is 7.54. The molecule has 108 valence electrons. The summed E-state index contributed by atoms with van der Waals surface area (Å²) in [5.41, 5.74) is 0. The summed E-state index contributed by atoms with van der Waals surface area (Å²) in [7, 11) is 2.19. The van der Waals surface area contributed by atoms with Gasteiger partial charge in [-0.2, -0.15) is 0 Å². The van der Waals surface area contributed by atoms with Gasteiger partial charge in [-0.05, 0) is 33.2 Å². The fourth-order valence-corrected chi connectivity index (χ4v) is 2.49. The lowest BCUT2D eigenvalue weighted by Gasteiger charge is -2.23. The molecule has 0 fully saturated rings. The van der Waals surface area contributed by atoms with Crippen LogP contribution in [0.5, 0.6) is 0 Å². The first kappa shape index (κ1) is 14.5. The zero-order valence-corrected chi connectivity index (χ0v) is 12.5. The highest BCUT2D eigenvalue weighted by atomic mass is 15.3. The van der Waals surface area contributed by atoms with Crippen LogP contribution in [0, 0.1) is 0 Å². The second-order valence-corrected chi connectivity index (χ2v) is 5.56. The quantitative estimate of drug-likeness (QED) is 0.758. The highest BCUT2D eigenvalue weighted by Gasteiger charge is 2.15. The van der Waals surface area contributed by atoms with Crippen LogP contribution in [0.3, 0.4) is 0 Å². The summed E-state index contributed by atoms with van der Waals surface area (Å²) in [5.74, 6) is 2.26. The van der Waals surface area contributed by atoms with E-state index in [2.05, 4.69) is 45.9 Å². The molecule has 2 heterocycles. The van der Waals surface area contributed by atoms with Gasteiger partial charge in [-0.15, -0.1) is 10.2 Å². The number of nitrogens with zero attached hydrogens (tertiary/aromatic N) is 4. The highest BCUT2D eigenvalue weighted by molar-refractivity contribution is 4.98. The number of aryl methyl sites for hydroxylation is 1. The van der Waals surface area contributed by atoms with Crippen molar-refractivity contribution >= 4 is 0 Å². The van der Waals surface area contributed by atoms with Crippen LogP contribution in [0.1, 0.15) is 44.8 Å². The highest BCUT2D eigenvalue weighted by Crippen LogP contribution is 2.13. The molecule has 1 aliphatic heterocycles. The van der Waals surface area contributed by atoms with Gasteiger partial charge in [-0.3, -0.25) is 0 Å². The predicted molar refractivity (Wildman–Crippen MR) is 77.0 cm³/mol. The molecule has 5 nitrogen and oxygen atoms in total. The van der Waals surface area contributed by atoms with Crippen molar-refractivity contribution < 1.29 is 0 Å². The zero-order valence-electron chi connectivity index (χ0n) is 12.5. The van der Waals surface area contributed by atoms with Crippen molar-refractivity contribution in [2.24, 2.45) is 0 Å². The van der Waals surface area contributed by atoms with Crippen molar-refractivity contribution in [2.75, 3.05) is 20.1 Å². The monoisotopic (exact) mass is 265 g/mol. The molecule has 5 heteroatoms. The summed E-state index contributed by atoms with van der Waals surface area (Å²) < 4.78 is 2.29. The topological polar surface area (TPSA) is 46.0 Å². The van der Waals surface area contributed by atoms with E-state index in [1.54, 1.807) is 0 Å². The predicted octanol–water partition coefficient (Wildman–Crippen LogP) is 1.43. The van der Waals surface area contributed by atoms with Crippen LogP contribution in [0.2, 0.25) is 0 Å². The maximum absolute atomic E-state index is 4.30. The van der Waals surface area contributed by atoms with E-state index in [1.165, 1.54) is 25.1 Å². The summed E-state index contributed by atoms with van der Waals surface area (Å²) in [6.45, 7) is 8.51. The molecule has 0 saturated carbocycles. The molecular formula is C14H27N5. The minimum Gasteiger partial charge on any atom is -0.314 e. The van der Waals surface area contributed by atoms with Crippen molar-refractivity contribution in [3.8, 4) is 0 Å². The number of hydrogen-bond acceptors (Lipinski definition) is 4. The largest absolute Gasteiger partial charge is 0.314 e. The van der Waals surface area contributed by atoms with Gasteiger partial charge in [0.25, 0.3) is 0 Å². The molecule has 1 aromatic heterocycles. The van der Waals surface area contributed by atoms with Crippen LogP contribution in [0.15, 0.2) is 0 Å². The summed E-state index contributed by atoms with van der Waals surface area (Å²) in [4.78, 5) is 2.40. The summed E-state index contributed by atoms with van der Waals surface area (Å²) in [6, 6.07) is 0.655. The van der Waals surface area contributed by atoms with Crippen molar-refractivity contribution in [1.29, 1.82) is 0 Å². The average Bonchev–Trinajstić information content (AvgIpc) is 2.86. The van der Waals surface area contributed by atoms with Gasteiger partial charge in [0.15, 0.2) is 0 Å². The fourth-order valence-electron chi connectivity index (χ4n) is 2.49. The number of likely N-dealkylation sites (N-methyl/N-ethyl adjacent to an activating group) is 1. The first-order chi connectivity index (χ1) is 9.22. The third-order valence-corrected chi connectivity index (χ3v) is 4.20. The lowest BCUT2D eigenvalue weighted by Crippen LogP contribution is -2.35. The fraction of sp³-hybridized carbons (Fsp3) is 0.857. The molecular weight excluding hydrogens is 238 g/mol.